The van der Waals surface area contributed by atoms with Gasteiger partial charge in [0.25, 0.3) is 0 Å². The fourth-order valence-corrected chi connectivity index (χ4v) is 3.54. The van der Waals surface area contributed by atoms with Crippen LogP contribution in [0.2, 0.25) is 5.15 Å². The Morgan fingerprint density at radius 2 is 1.90 bits per heavy atom. The van der Waals surface area contributed by atoms with E-state index in [1.54, 1.807) is 0 Å². The summed E-state index contributed by atoms with van der Waals surface area (Å²) in [6.07, 6.45) is 9.73. The first-order valence-electron chi connectivity index (χ1n) is 10.6. The van der Waals surface area contributed by atoms with Gasteiger partial charge in [0.2, 0.25) is 0 Å². The lowest BCUT2D eigenvalue weighted by molar-refractivity contribution is 0.726. The number of aromatic nitrogens is 2. The molecule has 0 bridgehead atoms. The molecule has 6 nitrogen and oxygen atoms in total. The van der Waals surface area contributed by atoms with E-state index in [1.807, 2.05) is 30.6 Å². The van der Waals surface area contributed by atoms with Gasteiger partial charge in [0, 0.05) is 38.6 Å². The van der Waals surface area contributed by atoms with Crippen molar-refractivity contribution in [2.45, 2.75) is 45.6 Å². The van der Waals surface area contributed by atoms with Crippen LogP contribution in [0.5, 0.6) is 0 Å². The standard InChI is InChI=1S/C22H31ClN6/c1-2-24-22(26-12-9-18-7-8-20(23)27-16-18)28-17-19-10-11-25-21(15-19)29-13-5-3-4-6-14-29/h7-8,10-11,15-16H,2-6,9,12-14,17H2,1H3,(H2,24,26,28). The number of nitrogens with one attached hydrogen (secondary N) is 2. The Morgan fingerprint density at radius 3 is 2.62 bits per heavy atom. The first-order chi connectivity index (χ1) is 14.2. The van der Waals surface area contributed by atoms with Gasteiger partial charge < -0.3 is 15.5 Å². The van der Waals surface area contributed by atoms with Crippen molar-refractivity contribution in [2.24, 2.45) is 4.99 Å². The van der Waals surface area contributed by atoms with E-state index in [1.165, 1.54) is 31.2 Å². The minimum absolute atomic E-state index is 0.522. The van der Waals surface area contributed by atoms with Crippen molar-refractivity contribution < 1.29 is 0 Å². The van der Waals surface area contributed by atoms with Gasteiger partial charge in [-0.1, -0.05) is 30.5 Å². The molecule has 0 amide bonds. The fraction of sp³-hybridized carbons (Fsp3) is 0.500. The molecule has 156 valence electrons. The summed E-state index contributed by atoms with van der Waals surface area (Å²) in [7, 11) is 0. The minimum Gasteiger partial charge on any atom is -0.357 e. The third kappa shape index (κ3) is 7.20. The number of aliphatic imine (C=N–C) groups is 1. The van der Waals surface area contributed by atoms with Crippen molar-refractivity contribution in [3.05, 3.63) is 52.9 Å². The minimum atomic E-state index is 0.522. The van der Waals surface area contributed by atoms with E-state index in [0.717, 1.165) is 49.9 Å². The largest absolute Gasteiger partial charge is 0.357 e. The smallest absolute Gasteiger partial charge is 0.191 e. The Morgan fingerprint density at radius 1 is 1.07 bits per heavy atom. The number of pyridine rings is 2. The summed E-state index contributed by atoms with van der Waals surface area (Å²) in [6.45, 7) is 6.51. The Balaban J connectivity index is 1.56. The molecule has 2 N–H and O–H groups in total. The van der Waals surface area contributed by atoms with Gasteiger partial charge in [-0.15, -0.1) is 0 Å². The summed E-state index contributed by atoms with van der Waals surface area (Å²) in [6, 6.07) is 8.05. The van der Waals surface area contributed by atoms with E-state index in [4.69, 9.17) is 16.6 Å². The van der Waals surface area contributed by atoms with Gasteiger partial charge in [0.05, 0.1) is 6.54 Å². The Labute approximate surface area is 178 Å². The number of anilines is 1. The van der Waals surface area contributed by atoms with Crippen LogP contribution < -0.4 is 15.5 Å². The van der Waals surface area contributed by atoms with Crippen molar-refractivity contribution in [3.8, 4) is 0 Å². The van der Waals surface area contributed by atoms with Crippen LogP contribution in [0, 0.1) is 0 Å². The van der Waals surface area contributed by atoms with Crippen LogP contribution >= 0.6 is 11.6 Å². The van der Waals surface area contributed by atoms with Gasteiger partial charge in [-0.25, -0.2) is 15.0 Å². The van der Waals surface area contributed by atoms with Crippen LogP contribution in [0.15, 0.2) is 41.7 Å². The average molecular weight is 415 g/mol. The van der Waals surface area contributed by atoms with Crippen LogP contribution in [-0.4, -0.2) is 42.1 Å². The molecule has 0 spiro atoms. The highest BCUT2D eigenvalue weighted by Gasteiger charge is 2.11. The topological polar surface area (TPSA) is 65.4 Å². The second-order valence-corrected chi connectivity index (χ2v) is 7.67. The maximum absolute atomic E-state index is 5.84. The van der Waals surface area contributed by atoms with Crippen LogP contribution in [0.4, 0.5) is 5.82 Å². The van der Waals surface area contributed by atoms with E-state index in [2.05, 4.69) is 38.5 Å². The lowest BCUT2D eigenvalue weighted by Gasteiger charge is -2.21. The maximum Gasteiger partial charge on any atom is 0.191 e. The summed E-state index contributed by atoms with van der Waals surface area (Å²) in [5.41, 5.74) is 2.33. The summed E-state index contributed by atoms with van der Waals surface area (Å²) in [5, 5.41) is 7.22. The predicted molar refractivity (Wildman–Crippen MR) is 121 cm³/mol. The van der Waals surface area contributed by atoms with Gasteiger partial charge in [-0.05, 0) is 55.5 Å². The second-order valence-electron chi connectivity index (χ2n) is 7.28. The summed E-state index contributed by atoms with van der Waals surface area (Å²) >= 11 is 5.84. The van der Waals surface area contributed by atoms with E-state index >= 15 is 0 Å². The van der Waals surface area contributed by atoms with Crippen LogP contribution in [-0.2, 0) is 13.0 Å². The van der Waals surface area contributed by atoms with E-state index in [0.29, 0.717) is 11.7 Å². The second kappa shape index (κ2) is 11.6. The fourth-order valence-electron chi connectivity index (χ4n) is 3.42. The molecule has 3 heterocycles. The maximum atomic E-state index is 5.84. The Hall–Kier alpha value is -2.34. The van der Waals surface area contributed by atoms with Crippen molar-refractivity contribution in [2.75, 3.05) is 31.1 Å². The van der Waals surface area contributed by atoms with Crippen LogP contribution in [0.25, 0.3) is 0 Å². The molecule has 29 heavy (non-hydrogen) atoms. The third-order valence-electron chi connectivity index (χ3n) is 5.00. The quantitative estimate of drug-likeness (QED) is 0.409. The zero-order valence-corrected chi connectivity index (χ0v) is 18.0. The van der Waals surface area contributed by atoms with Gasteiger partial charge in [0.1, 0.15) is 11.0 Å². The molecule has 7 heteroatoms. The number of nitrogens with zero attached hydrogens (tertiary/aromatic N) is 4. The van der Waals surface area contributed by atoms with Gasteiger partial charge in [0.15, 0.2) is 5.96 Å². The van der Waals surface area contributed by atoms with E-state index in [9.17, 15) is 0 Å². The zero-order chi connectivity index (χ0) is 20.3. The molecule has 0 radical (unpaired) electrons. The Kier molecular flexibility index (Phi) is 8.56. The van der Waals surface area contributed by atoms with E-state index in [-0.39, 0.29) is 0 Å². The molecule has 1 aliphatic heterocycles. The lowest BCUT2D eigenvalue weighted by Crippen LogP contribution is -2.38. The summed E-state index contributed by atoms with van der Waals surface area (Å²) in [4.78, 5) is 15.9. The first kappa shape index (κ1) is 21.4. The normalized spacial score (nSPS) is 15.1. The number of hydrogen-bond donors (Lipinski definition) is 2. The SMILES string of the molecule is CCNC(=NCc1ccnc(N2CCCCCC2)c1)NCCc1ccc(Cl)nc1. The molecule has 0 aliphatic carbocycles. The molecule has 1 aliphatic rings. The van der Waals surface area contributed by atoms with Gasteiger partial charge >= 0.3 is 0 Å². The van der Waals surface area contributed by atoms with Crippen LogP contribution in [0.3, 0.4) is 0 Å². The number of guanidine groups is 1. The molecular formula is C22H31ClN6. The zero-order valence-electron chi connectivity index (χ0n) is 17.2. The summed E-state index contributed by atoms with van der Waals surface area (Å²) < 4.78 is 0. The average Bonchev–Trinajstić information content (AvgIpc) is 3.03. The van der Waals surface area contributed by atoms with Crippen molar-refractivity contribution >= 4 is 23.4 Å². The molecule has 0 atom stereocenters. The molecule has 2 aromatic rings. The van der Waals surface area contributed by atoms with Gasteiger partial charge in [-0.3, -0.25) is 0 Å². The van der Waals surface area contributed by atoms with Crippen molar-refractivity contribution in [1.82, 2.24) is 20.6 Å². The molecule has 2 aromatic heterocycles. The van der Waals surface area contributed by atoms with Gasteiger partial charge in [-0.2, -0.15) is 0 Å². The molecule has 1 saturated heterocycles. The van der Waals surface area contributed by atoms with E-state index < -0.39 is 0 Å². The monoisotopic (exact) mass is 414 g/mol. The molecule has 0 aromatic carbocycles. The predicted octanol–water partition coefficient (Wildman–Crippen LogP) is 3.81. The highest BCUT2D eigenvalue weighted by Crippen LogP contribution is 2.18. The van der Waals surface area contributed by atoms with Crippen LogP contribution in [0.1, 0.15) is 43.7 Å². The Bertz CT molecular complexity index is 769. The summed E-state index contributed by atoms with van der Waals surface area (Å²) in [5.74, 6) is 1.90. The van der Waals surface area contributed by atoms with Crippen molar-refractivity contribution in [1.29, 1.82) is 0 Å². The molecule has 1 fully saturated rings. The molecule has 3 rings (SSSR count). The molecule has 0 saturated carbocycles. The highest BCUT2D eigenvalue weighted by molar-refractivity contribution is 6.29. The third-order valence-corrected chi connectivity index (χ3v) is 5.22. The number of hydrogen-bond acceptors (Lipinski definition) is 4. The number of halogens is 1. The molecule has 0 unspecified atom stereocenters. The molecular weight excluding hydrogens is 384 g/mol. The lowest BCUT2D eigenvalue weighted by atomic mass is 10.2. The number of rotatable bonds is 7. The highest BCUT2D eigenvalue weighted by atomic mass is 35.5. The van der Waals surface area contributed by atoms with Crippen molar-refractivity contribution in [3.63, 3.8) is 0 Å². The first-order valence-corrected chi connectivity index (χ1v) is 10.9.